The van der Waals surface area contributed by atoms with E-state index >= 15 is 0 Å². The fourth-order valence-electron chi connectivity index (χ4n) is 4.49. The van der Waals surface area contributed by atoms with Crippen LogP contribution in [0.15, 0.2) is 79.0 Å². The van der Waals surface area contributed by atoms with Gasteiger partial charge in [-0.2, -0.15) is 0 Å². The number of ether oxygens (including phenoxy) is 3. The zero-order chi connectivity index (χ0) is 26.9. The van der Waals surface area contributed by atoms with E-state index in [1.807, 2.05) is 66.9 Å². The predicted molar refractivity (Wildman–Crippen MR) is 149 cm³/mol. The van der Waals surface area contributed by atoms with Gasteiger partial charge in [-0.1, -0.05) is 48.5 Å². The first-order valence-electron chi connectivity index (χ1n) is 12.5. The van der Waals surface area contributed by atoms with Crippen molar-refractivity contribution in [2.75, 3.05) is 27.4 Å². The Hall–Kier alpha value is -4.46. The molecule has 1 unspecified atom stereocenters. The number of nitrogens with one attached hydrogen (secondary N) is 2. The molecule has 0 fully saturated rings. The van der Waals surface area contributed by atoms with E-state index < -0.39 is 0 Å². The Bertz CT molecular complexity index is 1390. The Morgan fingerprint density at radius 3 is 2.29 bits per heavy atom. The highest BCUT2D eigenvalue weighted by Crippen LogP contribution is 2.26. The number of nitrogens with zero attached hydrogens (tertiary/aromatic N) is 1. The van der Waals surface area contributed by atoms with Crippen molar-refractivity contribution in [1.29, 1.82) is 0 Å². The second kappa shape index (κ2) is 12.7. The molecular weight excluding hydrogens is 482 g/mol. The average Bonchev–Trinajstić information content (AvgIpc) is 3.34. The van der Waals surface area contributed by atoms with Gasteiger partial charge in [0.1, 0.15) is 5.75 Å². The van der Waals surface area contributed by atoms with Gasteiger partial charge in [0.15, 0.2) is 18.1 Å². The van der Waals surface area contributed by atoms with E-state index in [-0.39, 0.29) is 25.9 Å². The topological polar surface area (TPSA) is 92.9 Å². The number of amides is 2. The number of benzene rings is 3. The van der Waals surface area contributed by atoms with Gasteiger partial charge in [0, 0.05) is 44.1 Å². The second-order valence-electron chi connectivity index (χ2n) is 8.98. The monoisotopic (exact) mass is 517 g/mol. The molecule has 0 saturated heterocycles. The molecule has 1 heterocycles. The maximum Gasteiger partial charge on any atom is 0.258 e. The summed E-state index contributed by atoms with van der Waals surface area (Å²) in [7, 11) is 3.16. The van der Waals surface area contributed by atoms with Crippen LogP contribution in [0.3, 0.4) is 0 Å². The van der Waals surface area contributed by atoms with Gasteiger partial charge in [-0.15, -0.1) is 0 Å². The van der Waals surface area contributed by atoms with E-state index in [1.54, 1.807) is 31.3 Å². The largest absolute Gasteiger partial charge is 0.496 e. The SMILES string of the molecule is COc1ccccc1CN(CC(Cc1c[nH]c2ccccc12)NC(=O)COc1ccccc1OC)C(C)=O.[HH]. The summed E-state index contributed by atoms with van der Waals surface area (Å²) in [5.41, 5.74) is 2.96. The zero-order valence-electron chi connectivity index (χ0n) is 21.9. The molecule has 1 aromatic heterocycles. The molecule has 0 radical (unpaired) electrons. The van der Waals surface area contributed by atoms with Crippen LogP contribution in [0.2, 0.25) is 0 Å². The van der Waals surface area contributed by atoms with Crippen LogP contribution in [0.5, 0.6) is 17.2 Å². The number of hydrogen-bond donors (Lipinski definition) is 2. The summed E-state index contributed by atoms with van der Waals surface area (Å²) in [5, 5.41) is 4.16. The number of hydrogen-bond acceptors (Lipinski definition) is 5. The molecule has 4 rings (SSSR count). The highest BCUT2D eigenvalue weighted by molar-refractivity contribution is 5.83. The fourth-order valence-corrected chi connectivity index (χ4v) is 4.49. The van der Waals surface area contributed by atoms with Gasteiger partial charge in [0.25, 0.3) is 5.91 Å². The maximum absolute atomic E-state index is 13.0. The van der Waals surface area contributed by atoms with Crippen molar-refractivity contribution in [3.63, 3.8) is 0 Å². The minimum absolute atomic E-state index is 0. The average molecular weight is 518 g/mol. The third kappa shape index (κ3) is 6.64. The number of methoxy groups -OCH3 is 2. The summed E-state index contributed by atoms with van der Waals surface area (Å²) in [6.45, 7) is 2.02. The Labute approximate surface area is 224 Å². The van der Waals surface area contributed by atoms with Crippen LogP contribution in [0.4, 0.5) is 0 Å². The third-order valence-electron chi connectivity index (χ3n) is 6.37. The molecule has 0 aliphatic rings. The summed E-state index contributed by atoms with van der Waals surface area (Å²) < 4.78 is 16.5. The van der Waals surface area contributed by atoms with E-state index in [1.165, 1.54) is 6.92 Å². The second-order valence-corrected chi connectivity index (χ2v) is 8.98. The lowest BCUT2D eigenvalue weighted by atomic mass is 10.0. The first kappa shape index (κ1) is 26.6. The van der Waals surface area contributed by atoms with E-state index in [4.69, 9.17) is 14.2 Å². The molecule has 8 nitrogen and oxygen atoms in total. The van der Waals surface area contributed by atoms with Gasteiger partial charge in [0.05, 0.1) is 20.3 Å². The van der Waals surface area contributed by atoms with Crippen molar-refractivity contribution in [2.24, 2.45) is 0 Å². The van der Waals surface area contributed by atoms with Crippen molar-refractivity contribution in [3.05, 3.63) is 90.1 Å². The van der Waals surface area contributed by atoms with Gasteiger partial charge >= 0.3 is 0 Å². The smallest absolute Gasteiger partial charge is 0.258 e. The number of rotatable bonds is 12. The molecule has 0 saturated carbocycles. The van der Waals surface area contributed by atoms with Crippen LogP contribution in [-0.2, 0) is 22.6 Å². The van der Waals surface area contributed by atoms with Crippen molar-refractivity contribution in [1.82, 2.24) is 15.2 Å². The van der Waals surface area contributed by atoms with Crippen molar-refractivity contribution in [3.8, 4) is 17.2 Å². The van der Waals surface area contributed by atoms with Crippen molar-refractivity contribution in [2.45, 2.75) is 25.9 Å². The highest BCUT2D eigenvalue weighted by Gasteiger charge is 2.22. The van der Waals surface area contributed by atoms with E-state index in [0.717, 1.165) is 22.0 Å². The summed E-state index contributed by atoms with van der Waals surface area (Å²) in [6, 6.07) is 22.4. The summed E-state index contributed by atoms with van der Waals surface area (Å²) in [4.78, 5) is 30.7. The molecule has 1 atom stereocenters. The van der Waals surface area contributed by atoms with Crippen LogP contribution in [0.25, 0.3) is 10.9 Å². The van der Waals surface area contributed by atoms with E-state index in [2.05, 4.69) is 10.3 Å². The Morgan fingerprint density at radius 2 is 1.55 bits per heavy atom. The quantitative estimate of drug-likeness (QED) is 0.287. The molecule has 200 valence electrons. The molecule has 38 heavy (non-hydrogen) atoms. The van der Waals surface area contributed by atoms with Crippen LogP contribution < -0.4 is 19.5 Å². The minimum Gasteiger partial charge on any atom is -0.496 e. The molecule has 2 amide bonds. The van der Waals surface area contributed by atoms with Gasteiger partial charge in [-0.3, -0.25) is 9.59 Å². The third-order valence-corrected chi connectivity index (χ3v) is 6.37. The molecule has 3 aromatic carbocycles. The van der Waals surface area contributed by atoms with Gasteiger partial charge in [-0.05, 0) is 36.2 Å². The molecule has 0 aliphatic carbocycles. The normalized spacial score (nSPS) is 11.6. The number of para-hydroxylation sites is 4. The zero-order valence-corrected chi connectivity index (χ0v) is 21.9. The predicted octanol–water partition coefficient (Wildman–Crippen LogP) is 4.59. The summed E-state index contributed by atoms with van der Waals surface area (Å²) in [5.74, 6) is 1.36. The maximum atomic E-state index is 13.0. The summed E-state index contributed by atoms with van der Waals surface area (Å²) in [6.07, 6.45) is 2.48. The number of H-pyrrole nitrogens is 1. The van der Waals surface area contributed by atoms with Gasteiger partial charge < -0.3 is 29.4 Å². The van der Waals surface area contributed by atoms with Crippen LogP contribution in [0, 0.1) is 0 Å². The lowest BCUT2D eigenvalue weighted by Gasteiger charge is -2.28. The minimum atomic E-state index is -0.360. The fraction of sp³-hybridized carbons (Fsp3) is 0.267. The number of aromatic nitrogens is 1. The first-order chi connectivity index (χ1) is 18.5. The first-order valence-corrected chi connectivity index (χ1v) is 12.5. The molecule has 4 aromatic rings. The van der Waals surface area contributed by atoms with Gasteiger partial charge in [0.2, 0.25) is 5.91 Å². The van der Waals surface area contributed by atoms with Crippen molar-refractivity contribution >= 4 is 22.7 Å². The number of carbonyl (C=O) groups is 2. The molecular formula is C30H35N3O5. The molecule has 8 heteroatoms. The lowest BCUT2D eigenvalue weighted by molar-refractivity contribution is -0.131. The Balaban J connectivity index is 0.00000420. The van der Waals surface area contributed by atoms with E-state index in [0.29, 0.717) is 36.8 Å². The van der Waals surface area contributed by atoms with Crippen LogP contribution in [0.1, 0.15) is 19.5 Å². The standard InChI is InChI=1S/C30H33N3O5.H2/c1-21(34)33(18-22-10-4-7-13-27(22)36-2)19-24(16-23-17-31-26-12-6-5-11-25(23)26)32-30(35)20-38-29-15-9-8-14-28(29)37-3;/h4-15,17,24,31H,16,18-20H2,1-3H3,(H,32,35);1H. The van der Waals surface area contributed by atoms with Crippen molar-refractivity contribution < 1.29 is 25.2 Å². The Morgan fingerprint density at radius 1 is 0.895 bits per heavy atom. The van der Waals surface area contributed by atoms with Crippen LogP contribution >= 0.6 is 0 Å². The van der Waals surface area contributed by atoms with Gasteiger partial charge in [-0.25, -0.2) is 0 Å². The number of aromatic amines is 1. The van der Waals surface area contributed by atoms with Crippen LogP contribution in [-0.4, -0.2) is 55.1 Å². The number of carbonyl (C=O) groups excluding carboxylic acids is 2. The Kier molecular flexibility index (Phi) is 8.87. The number of fused-ring (bicyclic) bond motifs is 1. The molecule has 0 bridgehead atoms. The molecule has 0 aliphatic heterocycles. The molecule has 2 N–H and O–H groups in total. The molecule has 0 spiro atoms. The summed E-state index contributed by atoms with van der Waals surface area (Å²) >= 11 is 0. The lowest BCUT2D eigenvalue weighted by Crippen LogP contribution is -2.47. The van der Waals surface area contributed by atoms with E-state index in [9.17, 15) is 9.59 Å². The highest BCUT2D eigenvalue weighted by atomic mass is 16.5.